The lowest BCUT2D eigenvalue weighted by Gasteiger charge is -2.24. The second-order valence-electron chi connectivity index (χ2n) is 6.81. The number of halogens is 3. The van der Waals surface area contributed by atoms with Gasteiger partial charge in [0.05, 0.1) is 40.3 Å². The van der Waals surface area contributed by atoms with E-state index in [1.807, 2.05) is 6.07 Å². The van der Waals surface area contributed by atoms with E-state index in [1.54, 1.807) is 0 Å². The van der Waals surface area contributed by atoms with E-state index in [-0.39, 0.29) is 16.9 Å². The van der Waals surface area contributed by atoms with Crippen molar-refractivity contribution in [2.24, 2.45) is 0 Å². The Morgan fingerprint density at radius 2 is 1.76 bits per heavy atom. The van der Waals surface area contributed by atoms with Crippen molar-refractivity contribution in [3.63, 3.8) is 0 Å². The highest BCUT2D eigenvalue weighted by atomic mass is 32.2. The minimum atomic E-state index is -4.51. The quantitative estimate of drug-likeness (QED) is 0.694. The summed E-state index contributed by atoms with van der Waals surface area (Å²) in [6, 6.07) is 10.1. The van der Waals surface area contributed by atoms with Crippen LogP contribution in [0.2, 0.25) is 0 Å². The van der Waals surface area contributed by atoms with E-state index >= 15 is 0 Å². The van der Waals surface area contributed by atoms with E-state index in [0.29, 0.717) is 5.56 Å². The van der Waals surface area contributed by atoms with Crippen LogP contribution in [0.3, 0.4) is 0 Å². The molecule has 6 nitrogen and oxygen atoms in total. The summed E-state index contributed by atoms with van der Waals surface area (Å²) < 4.78 is 66.1. The smallest absolute Gasteiger partial charge is 0.390 e. The van der Waals surface area contributed by atoms with Crippen LogP contribution in [0.4, 0.5) is 13.2 Å². The van der Waals surface area contributed by atoms with Crippen LogP contribution in [-0.2, 0) is 16.2 Å². The minimum Gasteiger partial charge on any atom is -0.390 e. The summed E-state index contributed by atoms with van der Waals surface area (Å²) in [5.74, 6) is -0.740. The fourth-order valence-corrected chi connectivity index (χ4v) is 4.76. The van der Waals surface area contributed by atoms with E-state index in [4.69, 9.17) is 5.26 Å². The minimum absolute atomic E-state index is 0.0298. The first-order valence-corrected chi connectivity index (χ1v) is 10.1. The molecule has 154 valence electrons. The van der Waals surface area contributed by atoms with Crippen molar-refractivity contribution in [3.8, 4) is 6.07 Å². The zero-order chi connectivity index (χ0) is 21.4. The predicted octanol–water partition coefficient (Wildman–Crippen LogP) is 2.13. The normalized spacial score (nSPS) is 25.0. The lowest BCUT2D eigenvalue weighted by molar-refractivity contribution is -0.137. The van der Waals surface area contributed by atoms with Gasteiger partial charge in [0.15, 0.2) is 0 Å². The van der Waals surface area contributed by atoms with E-state index in [2.05, 4.69) is 4.72 Å². The second-order valence-corrected chi connectivity index (χ2v) is 8.52. The maximum atomic E-state index is 12.8. The molecule has 3 N–H and O–H groups in total. The summed E-state index contributed by atoms with van der Waals surface area (Å²) in [6.07, 6.45) is -7.24. The Kier molecular flexibility index (Phi) is 5.69. The molecule has 0 amide bonds. The van der Waals surface area contributed by atoms with Crippen molar-refractivity contribution in [1.29, 1.82) is 5.26 Å². The number of aliphatic hydroxyl groups excluding tert-OH is 2. The number of hydrogen-bond donors (Lipinski definition) is 3. The van der Waals surface area contributed by atoms with Crippen molar-refractivity contribution in [2.45, 2.75) is 41.7 Å². The Hall–Kier alpha value is -2.45. The van der Waals surface area contributed by atoms with Crippen molar-refractivity contribution in [2.75, 3.05) is 0 Å². The molecule has 1 saturated carbocycles. The monoisotopic (exact) mass is 426 g/mol. The maximum Gasteiger partial charge on any atom is 0.416 e. The molecule has 1 aliphatic rings. The molecule has 1 aliphatic carbocycles. The number of rotatable bonds is 4. The maximum absolute atomic E-state index is 12.8. The van der Waals surface area contributed by atoms with Gasteiger partial charge in [-0.3, -0.25) is 0 Å². The number of nitrogens with zero attached hydrogens (tertiary/aromatic N) is 1. The zero-order valence-electron chi connectivity index (χ0n) is 14.8. The molecule has 0 heterocycles. The molecular weight excluding hydrogens is 409 g/mol. The van der Waals surface area contributed by atoms with Crippen molar-refractivity contribution < 1.29 is 31.8 Å². The van der Waals surface area contributed by atoms with Crippen LogP contribution in [0.25, 0.3) is 0 Å². The fraction of sp³-hybridized carbons (Fsp3) is 0.316. The number of aliphatic hydroxyl groups is 2. The lowest BCUT2D eigenvalue weighted by atomic mass is 9.93. The molecule has 3 rings (SSSR count). The van der Waals surface area contributed by atoms with Gasteiger partial charge in [0, 0.05) is 5.92 Å². The third kappa shape index (κ3) is 4.43. The van der Waals surface area contributed by atoms with Gasteiger partial charge in [-0.25, -0.2) is 13.1 Å². The van der Waals surface area contributed by atoms with Gasteiger partial charge in [-0.15, -0.1) is 0 Å². The molecule has 0 aromatic heterocycles. The molecule has 0 aliphatic heterocycles. The first-order valence-electron chi connectivity index (χ1n) is 8.59. The van der Waals surface area contributed by atoms with Gasteiger partial charge in [0.1, 0.15) is 0 Å². The van der Waals surface area contributed by atoms with Crippen LogP contribution in [0.1, 0.15) is 29.0 Å². The molecule has 0 saturated heterocycles. The third-order valence-electron chi connectivity index (χ3n) is 4.92. The Morgan fingerprint density at radius 3 is 2.34 bits per heavy atom. The molecule has 10 heteroatoms. The first-order chi connectivity index (χ1) is 13.5. The first kappa shape index (κ1) is 21.3. The van der Waals surface area contributed by atoms with Crippen molar-refractivity contribution in [1.82, 2.24) is 4.72 Å². The van der Waals surface area contributed by atoms with E-state index in [9.17, 15) is 31.8 Å². The van der Waals surface area contributed by atoms with Gasteiger partial charge in [0.25, 0.3) is 0 Å². The highest BCUT2D eigenvalue weighted by Gasteiger charge is 2.44. The Labute approximate surface area is 165 Å². The second kappa shape index (κ2) is 7.76. The number of hydrogen-bond acceptors (Lipinski definition) is 5. The Morgan fingerprint density at radius 1 is 1.10 bits per heavy atom. The topological polar surface area (TPSA) is 110 Å². The van der Waals surface area contributed by atoms with Crippen LogP contribution in [0.5, 0.6) is 0 Å². The summed E-state index contributed by atoms with van der Waals surface area (Å²) >= 11 is 0. The molecule has 29 heavy (non-hydrogen) atoms. The summed E-state index contributed by atoms with van der Waals surface area (Å²) in [7, 11) is -4.16. The average molecular weight is 426 g/mol. The molecule has 2 aromatic rings. The highest BCUT2D eigenvalue weighted by Crippen LogP contribution is 2.37. The van der Waals surface area contributed by atoms with Gasteiger partial charge in [0.2, 0.25) is 10.0 Å². The van der Waals surface area contributed by atoms with Crippen LogP contribution in [-0.4, -0.2) is 36.9 Å². The fourth-order valence-electron chi connectivity index (χ4n) is 3.42. The third-order valence-corrected chi connectivity index (χ3v) is 6.38. The highest BCUT2D eigenvalue weighted by molar-refractivity contribution is 7.89. The van der Waals surface area contributed by atoms with Crippen LogP contribution in [0.15, 0.2) is 53.4 Å². The number of nitrogens with one attached hydrogen (secondary N) is 1. The van der Waals surface area contributed by atoms with Crippen molar-refractivity contribution >= 4 is 10.0 Å². The molecule has 2 aromatic carbocycles. The van der Waals surface area contributed by atoms with Gasteiger partial charge < -0.3 is 10.2 Å². The standard InChI is InChI=1S/C19H17F3N2O4S/c20-19(21,22)13-6-4-12(5-7-13)15-9-16(25)18(26)17(15)24-29(27,28)14-3-1-2-11(8-14)10-23/h1-8,15-18,24-26H,9H2/t15-,16-,17-,18-/m1/s1. The number of benzene rings is 2. The van der Waals surface area contributed by atoms with Gasteiger partial charge in [-0.2, -0.15) is 18.4 Å². The van der Waals surface area contributed by atoms with E-state index in [0.717, 1.165) is 18.2 Å². The predicted molar refractivity (Wildman–Crippen MR) is 96.1 cm³/mol. The summed E-state index contributed by atoms with van der Waals surface area (Å²) in [5, 5.41) is 29.2. The van der Waals surface area contributed by atoms with Crippen molar-refractivity contribution in [3.05, 3.63) is 65.2 Å². The Bertz CT molecular complexity index is 1030. The number of sulfonamides is 1. The SMILES string of the molecule is N#Cc1cccc(S(=O)(=O)N[C@H]2[C@H](O)[C@H](O)C[C@@H]2c2ccc(C(F)(F)F)cc2)c1. The molecular formula is C19H17F3N2O4S. The molecule has 4 atom stereocenters. The summed E-state index contributed by atoms with van der Waals surface area (Å²) in [6.45, 7) is 0. The largest absolute Gasteiger partial charge is 0.416 e. The zero-order valence-corrected chi connectivity index (χ0v) is 15.7. The molecule has 1 fully saturated rings. The number of alkyl halides is 3. The lowest BCUT2D eigenvalue weighted by Crippen LogP contribution is -2.45. The molecule has 0 bridgehead atoms. The summed E-state index contributed by atoms with van der Waals surface area (Å²) in [5.41, 5.74) is -0.378. The van der Waals surface area contributed by atoms with Crippen LogP contribution >= 0.6 is 0 Å². The Balaban J connectivity index is 1.90. The molecule has 0 unspecified atom stereocenters. The van der Waals surface area contributed by atoms with E-state index in [1.165, 1.54) is 30.3 Å². The van der Waals surface area contributed by atoms with Gasteiger partial charge in [-0.1, -0.05) is 18.2 Å². The molecule has 0 spiro atoms. The van der Waals surface area contributed by atoms with Crippen LogP contribution in [0, 0.1) is 11.3 Å². The summed E-state index contributed by atoms with van der Waals surface area (Å²) in [4.78, 5) is -0.198. The van der Waals surface area contributed by atoms with Crippen LogP contribution < -0.4 is 4.72 Å². The average Bonchev–Trinajstić information content (AvgIpc) is 2.95. The van der Waals surface area contributed by atoms with E-state index < -0.39 is 45.9 Å². The van der Waals surface area contributed by atoms with Gasteiger partial charge >= 0.3 is 6.18 Å². The molecule has 0 radical (unpaired) electrons. The number of nitriles is 1. The van der Waals surface area contributed by atoms with Gasteiger partial charge in [-0.05, 0) is 42.3 Å².